The fraction of sp³-hybridized carbons (Fsp3) is 0.625. The van der Waals surface area contributed by atoms with E-state index >= 15 is 0 Å². The molecule has 3 aliphatic heterocycles. The van der Waals surface area contributed by atoms with Crippen LogP contribution in [0.5, 0.6) is 0 Å². The molecule has 1 amide bonds. The molecule has 2 saturated heterocycles. The summed E-state index contributed by atoms with van der Waals surface area (Å²) in [4.78, 5) is 17.8. The van der Waals surface area contributed by atoms with Crippen molar-refractivity contribution in [1.82, 2.24) is 9.80 Å². The Morgan fingerprint density at radius 2 is 1.81 bits per heavy atom. The van der Waals surface area contributed by atoms with E-state index < -0.39 is 17.2 Å². The van der Waals surface area contributed by atoms with Gasteiger partial charge in [0.25, 0.3) is 0 Å². The first-order valence-electron chi connectivity index (χ1n) is 11.2. The Morgan fingerprint density at radius 1 is 1.10 bits per heavy atom. The average molecular weight is 435 g/mol. The molecule has 4 nitrogen and oxygen atoms in total. The van der Waals surface area contributed by atoms with Gasteiger partial charge in [0.2, 0.25) is 5.91 Å². The third kappa shape index (κ3) is 3.27. The number of fused-ring (bicyclic) bond motifs is 2. The van der Waals surface area contributed by atoms with Crippen molar-refractivity contribution in [2.75, 3.05) is 13.1 Å². The molecule has 1 aromatic rings. The molecule has 7 heteroatoms. The summed E-state index contributed by atoms with van der Waals surface area (Å²) in [5.74, 6) is 0.209. The Bertz CT molecular complexity index is 933. The third-order valence-electron chi connectivity index (χ3n) is 7.80. The van der Waals surface area contributed by atoms with Gasteiger partial charge in [0.15, 0.2) is 0 Å². The Labute approximate surface area is 181 Å². The number of halogens is 3. The number of carbonyl (C=O) groups is 1. The maximum absolute atomic E-state index is 13.6. The van der Waals surface area contributed by atoms with Crippen LogP contribution in [0.1, 0.15) is 50.3 Å². The zero-order valence-corrected chi connectivity index (χ0v) is 18.2. The van der Waals surface area contributed by atoms with E-state index in [4.69, 9.17) is 4.74 Å². The second kappa shape index (κ2) is 6.99. The number of nitrogens with zero attached hydrogens (tertiary/aromatic N) is 2. The molecule has 2 fully saturated rings. The van der Waals surface area contributed by atoms with E-state index in [2.05, 4.69) is 31.7 Å². The van der Waals surface area contributed by atoms with E-state index in [1.807, 2.05) is 4.90 Å². The van der Waals surface area contributed by atoms with Crippen LogP contribution in [0.25, 0.3) is 0 Å². The molecular formula is C24H29F3N2O2. The van der Waals surface area contributed by atoms with Crippen LogP contribution in [-0.4, -0.2) is 47.0 Å². The van der Waals surface area contributed by atoms with Crippen LogP contribution in [0.2, 0.25) is 0 Å². The predicted octanol–water partition coefficient (Wildman–Crippen LogP) is 4.38. The molecular weight excluding hydrogens is 405 g/mol. The summed E-state index contributed by atoms with van der Waals surface area (Å²) in [6.45, 7) is 8.21. The summed E-state index contributed by atoms with van der Waals surface area (Å²) in [6, 6.07) is 4.03. The van der Waals surface area contributed by atoms with Crippen molar-refractivity contribution in [3.05, 3.63) is 46.7 Å². The minimum absolute atomic E-state index is 0.0369. The fourth-order valence-electron chi connectivity index (χ4n) is 6.23. The second-order valence-corrected chi connectivity index (χ2v) is 9.81. The molecule has 168 valence electrons. The molecule has 0 radical (unpaired) electrons. The van der Waals surface area contributed by atoms with Crippen molar-refractivity contribution >= 4 is 5.91 Å². The fourth-order valence-corrected chi connectivity index (χ4v) is 6.23. The highest BCUT2D eigenvalue weighted by Crippen LogP contribution is 2.53. The van der Waals surface area contributed by atoms with Crippen LogP contribution >= 0.6 is 0 Å². The number of amides is 1. The van der Waals surface area contributed by atoms with Crippen LogP contribution < -0.4 is 0 Å². The van der Waals surface area contributed by atoms with Crippen molar-refractivity contribution in [3.63, 3.8) is 0 Å². The Balaban J connectivity index is 1.43. The molecule has 4 aliphatic rings. The maximum atomic E-state index is 13.6. The van der Waals surface area contributed by atoms with Crippen LogP contribution in [0.3, 0.4) is 0 Å². The van der Waals surface area contributed by atoms with Gasteiger partial charge in [-0.05, 0) is 68.4 Å². The predicted molar refractivity (Wildman–Crippen MR) is 110 cm³/mol. The van der Waals surface area contributed by atoms with Crippen molar-refractivity contribution in [2.24, 2.45) is 11.3 Å². The molecule has 3 unspecified atom stereocenters. The van der Waals surface area contributed by atoms with E-state index in [-0.39, 0.29) is 36.6 Å². The molecule has 0 saturated carbocycles. The molecule has 5 rings (SSSR count). The summed E-state index contributed by atoms with van der Waals surface area (Å²) in [5.41, 5.74) is 1.60. The summed E-state index contributed by atoms with van der Waals surface area (Å²) in [5, 5.41) is 0. The lowest BCUT2D eigenvalue weighted by molar-refractivity contribution is -0.137. The molecule has 3 heterocycles. The Morgan fingerprint density at radius 3 is 2.48 bits per heavy atom. The second-order valence-electron chi connectivity index (χ2n) is 9.81. The molecule has 1 aromatic carbocycles. The molecule has 0 aromatic heterocycles. The minimum Gasteiger partial charge on any atom is -0.372 e. The van der Waals surface area contributed by atoms with E-state index in [0.717, 1.165) is 31.5 Å². The van der Waals surface area contributed by atoms with E-state index in [1.54, 1.807) is 6.07 Å². The first-order valence-corrected chi connectivity index (χ1v) is 11.2. The van der Waals surface area contributed by atoms with Gasteiger partial charge >= 0.3 is 6.18 Å². The normalized spacial score (nSPS) is 35.4. The monoisotopic (exact) mass is 434 g/mol. The molecule has 31 heavy (non-hydrogen) atoms. The zero-order valence-electron chi connectivity index (χ0n) is 18.2. The van der Waals surface area contributed by atoms with Gasteiger partial charge < -0.3 is 14.5 Å². The van der Waals surface area contributed by atoms with Crippen LogP contribution in [0, 0.1) is 11.3 Å². The van der Waals surface area contributed by atoms with Crippen molar-refractivity contribution < 1.29 is 22.7 Å². The molecule has 1 aliphatic carbocycles. The van der Waals surface area contributed by atoms with Crippen molar-refractivity contribution in [1.29, 1.82) is 0 Å². The largest absolute Gasteiger partial charge is 0.416 e. The summed E-state index contributed by atoms with van der Waals surface area (Å²) in [6.07, 6.45) is 0.389. The highest BCUT2D eigenvalue weighted by atomic mass is 19.4. The standard InChI is InChI=1S/C24H29F3N2O2/c1-14-11-28(12-15(2)31-14)20-6-7-23(10-20)16(3)21-9-17-4-5-19(24(25,26)27)8-18(17)13-29(21)22(23)30/h4-5,8,10,14-16,21H,6-7,9,11-13H2,1-3H3/t14-,15+,16?,21?,23?. The number of benzene rings is 1. The van der Waals surface area contributed by atoms with Gasteiger partial charge in [-0.2, -0.15) is 13.2 Å². The topological polar surface area (TPSA) is 32.8 Å². The number of alkyl halides is 3. The number of hydrogen-bond acceptors (Lipinski definition) is 3. The lowest BCUT2D eigenvalue weighted by atomic mass is 9.74. The number of morpholine rings is 1. The number of carbonyl (C=O) groups excluding carboxylic acids is 1. The number of allylic oxidation sites excluding steroid dienone is 1. The minimum atomic E-state index is -4.37. The van der Waals surface area contributed by atoms with Gasteiger partial charge in [-0.25, -0.2) is 0 Å². The number of rotatable bonds is 1. The quantitative estimate of drug-likeness (QED) is 0.658. The van der Waals surface area contributed by atoms with E-state index in [0.29, 0.717) is 12.0 Å². The number of hydrogen-bond donors (Lipinski definition) is 0. The van der Waals surface area contributed by atoms with E-state index in [9.17, 15) is 18.0 Å². The SMILES string of the molecule is CC1C2Cc3ccc(C(F)(F)F)cc3CN2C(=O)C12C=C(N1C[C@@H](C)O[C@@H](C)C1)CC2. The molecule has 0 N–H and O–H groups in total. The smallest absolute Gasteiger partial charge is 0.372 e. The van der Waals surface area contributed by atoms with Crippen LogP contribution in [-0.2, 0) is 28.7 Å². The van der Waals surface area contributed by atoms with Gasteiger partial charge in [0.05, 0.1) is 23.2 Å². The van der Waals surface area contributed by atoms with Gasteiger partial charge in [0.1, 0.15) is 0 Å². The van der Waals surface area contributed by atoms with Gasteiger partial charge in [-0.3, -0.25) is 4.79 Å². The first-order chi connectivity index (χ1) is 14.6. The Hall–Kier alpha value is -2.02. The van der Waals surface area contributed by atoms with Crippen molar-refractivity contribution in [2.45, 2.75) is 71.0 Å². The van der Waals surface area contributed by atoms with Crippen LogP contribution in [0.15, 0.2) is 30.0 Å². The Kier molecular flexibility index (Phi) is 4.70. The highest BCUT2D eigenvalue weighted by molar-refractivity contribution is 5.89. The molecule has 5 atom stereocenters. The van der Waals surface area contributed by atoms with E-state index in [1.165, 1.54) is 17.8 Å². The lowest BCUT2D eigenvalue weighted by Gasteiger charge is -2.37. The summed E-state index contributed by atoms with van der Waals surface area (Å²) >= 11 is 0. The first kappa shape index (κ1) is 20.9. The van der Waals surface area contributed by atoms with Crippen molar-refractivity contribution in [3.8, 4) is 0 Å². The third-order valence-corrected chi connectivity index (χ3v) is 7.80. The van der Waals surface area contributed by atoms with Gasteiger partial charge in [0, 0.05) is 31.4 Å². The molecule has 1 spiro atoms. The average Bonchev–Trinajstić information content (AvgIpc) is 3.23. The maximum Gasteiger partial charge on any atom is 0.416 e. The van der Waals surface area contributed by atoms with Gasteiger partial charge in [-0.15, -0.1) is 0 Å². The lowest BCUT2D eigenvalue weighted by Crippen LogP contribution is -2.44. The number of ether oxygens (including phenoxy) is 1. The summed E-state index contributed by atoms with van der Waals surface area (Å²) in [7, 11) is 0. The molecule has 0 bridgehead atoms. The zero-order chi connectivity index (χ0) is 22.1. The van der Waals surface area contributed by atoms with Crippen LogP contribution in [0.4, 0.5) is 13.2 Å². The summed E-state index contributed by atoms with van der Waals surface area (Å²) < 4.78 is 45.4. The van der Waals surface area contributed by atoms with Gasteiger partial charge in [-0.1, -0.05) is 13.0 Å². The highest BCUT2D eigenvalue weighted by Gasteiger charge is 2.58.